The third-order valence-corrected chi connectivity index (χ3v) is 16.3. The van der Waals surface area contributed by atoms with E-state index in [1.807, 2.05) is 33.3 Å². The Morgan fingerprint density at radius 2 is 0.771 bits per heavy atom. The summed E-state index contributed by atoms with van der Waals surface area (Å²) in [6.07, 6.45) is 83.1. The minimum absolute atomic E-state index is 0.0340. The quantitative estimate of drug-likeness (QED) is 0.0205. The predicted octanol–water partition coefficient (Wildman–Crippen LogP) is 22.1. The number of amides is 1. The molecule has 0 heterocycles. The van der Waals surface area contributed by atoms with Crippen LogP contribution in [0.25, 0.3) is 0 Å². The van der Waals surface area contributed by atoms with Gasteiger partial charge in [-0.2, -0.15) is 0 Å². The van der Waals surface area contributed by atoms with Crippen molar-refractivity contribution in [3.63, 3.8) is 0 Å². The Morgan fingerprint density at radius 1 is 0.434 bits per heavy atom. The van der Waals surface area contributed by atoms with Crippen molar-refractivity contribution in [1.82, 2.24) is 5.32 Å². The molecule has 1 amide bonds. The molecule has 0 aliphatic rings. The number of quaternary nitrogens is 1. The van der Waals surface area contributed by atoms with E-state index < -0.39 is 20.0 Å². The van der Waals surface area contributed by atoms with Crippen LogP contribution in [0, 0.1) is 0 Å². The summed E-state index contributed by atoms with van der Waals surface area (Å²) in [4.78, 5) is 37.8. The van der Waals surface area contributed by atoms with E-state index in [9.17, 15) is 19.0 Å². The van der Waals surface area contributed by atoms with Gasteiger partial charge in [-0.25, -0.2) is 4.57 Å². The van der Waals surface area contributed by atoms with Gasteiger partial charge in [0.05, 0.1) is 33.8 Å². The third kappa shape index (κ3) is 63.5. The molecule has 0 aromatic carbocycles. The molecule has 0 radical (unpaired) electrons. The Morgan fingerprint density at radius 3 is 1.16 bits per heavy atom. The van der Waals surface area contributed by atoms with Gasteiger partial charge in [-0.1, -0.05) is 305 Å². The molecule has 0 spiro atoms. The van der Waals surface area contributed by atoms with E-state index in [0.717, 1.165) is 103 Å². The van der Waals surface area contributed by atoms with Crippen molar-refractivity contribution in [3.05, 3.63) is 85.1 Å². The van der Waals surface area contributed by atoms with Crippen LogP contribution >= 0.6 is 7.82 Å². The van der Waals surface area contributed by atoms with Crippen LogP contribution in [-0.4, -0.2) is 74.3 Å². The molecule has 0 saturated carbocycles. The van der Waals surface area contributed by atoms with E-state index in [0.29, 0.717) is 23.9 Å². The van der Waals surface area contributed by atoms with Crippen molar-refractivity contribution < 1.29 is 37.3 Å². The van der Waals surface area contributed by atoms with E-state index in [-0.39, 0.29) is 31.5 Å². The Hall–Kier alpha value is -2.81. The van der Waals surface area contributed by atoms with Crippen LogP contribution in [0.5, 0.6) is 0 Å². The van der Waals surface area contributed by atoms with Gasteiger partial charge in [-0.3, -0.25) is 18.6 Å². The molecule has 0 bridgehead atoms. The molecule has 3 atom stereocenters. The Kier molecular flexibility index (Phi) is 60.1. The fourth-order valence-corrected chi connectivity index (χ4v) is 10.7. The van der Waals surface area contributed by atoms with Crippen molar-refractivity contribution in [1.29, 1.82) is 0 Å². The first-order valence-corrected chi connectivity index (χ1v) is 36.4. The van der Waals surface area contributed by atoms with E-state index >= 15 is 0 Å². The molecule has 83 heavy (non-hydrogen) atoms. The number of phosphoric ester groups is 1. The number of unbranched alkanes of at least 4 members (excludes halogenated alkanes) is 35. The predicted molar refractivity (Wildman–Crippen MR) is 360 cm³/mol. The van der Waals surface area contributed by atoms with Gasteiger partial charge in [-0.15, -0.1) is 0 Å². The van der Waals surface area contributed by atoms with Crippen LogP contribution in [0.15, 0.2) is 85.1 Å². The maximum absolute atomic E-state index is 13.6. The number of hydrogen-bond donors (Lipinski definition) is 2. The van der Waals surface area contributed by atoms with Gasteiger partial charge in [0.25, 0.3) is 0 Å². The van der Waals surface area contributed by atoms with Gasteiger partial charge >= 0.3 is 13.8 Å². The molecule has 0 fully saturated rings. The zero-order valence-electron chi connectivity index (χ0n) is 55.2. The van der Waals surface area contributed by atoms with Gasteiger partial charge in [-0.05, 0) is 83.1 Å². The van der Waals surface area contributed by atoms with E-state index in [4.69, 9.17) is 13.8 Å². The molecular formula is C73H134N2O7P+. The number of esters is 1. The lowest BCUT2D eigenvalue weighted by atomic mass is 10.0. The highest BCUT2D eigenvalue weighted by atomic mass is 31.2. The zero-order chi connectivity index (χ0) is 60.7. The first-order chi connectivity index (χ1) is 40.4. The van der Waals surface area contributed by atoms with Crippen LogP contribution < -0.4 is 5.32 Å². The molecule has 2 N–H and O–H groups in total. The second kappa shape index (κ2) is 62.2. The third-order valence-electron chi connectivity index (χ3n) is 15.3. The van der Waals surface area contributed by atoms with E-state index in [2.05, 4.69) is 99.0 Å². The number of hydrogen-bond acceptors (Lipinski definition) is 6. The monoisotopic (exact) mass is 1180 g/mol. The smallest absolute Gasteiger partial charge is 0.456 e. The molecule has 482 valence electrons. The van der Waals surface area contributed by atoms with E-state index in [1.165, 1.54) is 173 Å². The number of rotatable bonds is 63. The molecule has 0 rings (SSSR count). The molecule has 0 aromatic rings. The van der Waals surface area contributed by atoms with Crippen molar-refractivity contribution in [2.24, 2.45) is 0 Å². The molecule has 0 saturated heterocycles. The molecule has 0 aromatic heterocycles. The zero-order valence-corrected chi connectivity index (χ0v) is 56.1. The number of likely N-dealkylation sites (N-methyl/N-ethyl adjacent to an activating group) is 1. The lowest BCUT2D eigenvalue weighted by Gasteiger charge is -2.27. The SMILES string of the molecule is CC/C=C\C/C=C\C/C=C\C/C=C\C/C=C\C/C=C\CCCCCCC(=O)OC(/C=C/CCCCCCCCCCC)C(COP(=O)(O)OCC[N+](C)(C)C)NC(=O)CCCCCCCCCCCCCCCCCCCCCCCCC. The normalized spacial score (nSPS) is 14.1. The Labute approximate surface area is 514 Å². The summed E-state index contributed by atoms with van der Waals surface area (Å²) in [5.74, 6) is -0.527. The molecule has 9 nitrogen and oxygen atoms in total. The average molecular weight is 1180 g/mol. The fourth-order valence-electron chi connectivity index (χ4n) is 10.0. The number of phosphoric acid groups is 1. The standard InChI is InChI=1S/C73H133N2O7P/c1-7-10-13-16-19-22-25-27-29-31-33-35-37-39-41-43-45-47-50-53-56-59-62-65-72(76)74-70(69-81-83(78,79)80-68-67-75(4,5)6)71(64-61-58-55-52-49-24-21-18-15-12-9-3)82-73(77)66-63-60-57-54-51-48-46-44-42-40-38-36-34-32-30-28-26-23-20-17-14-11-8-2/h11,14,20,23,28,30,34,36,40,42,46,48,61,64,70-71H,7-10,12-13,15-19,21-22,24-27,29,31-33,35,37-39,41,43-45,47,49-60,62-63,65-69H2,1-6H3,(H-,74,76,78,79)/p+1/b14-11-,23-20-,30-28-,36-34-,42-40-,48-46-,64-61+. The summed E-state index contributed by atoms with van der Waals surface area (Å²) in [6.45, 7) is 6.91. The number of nitrogens with one attached hydrogen (secondary N) is 1. The van der Waals surface area contributed by atoms with Crippen LogP contribution in [0.4, 0.5) is 0 Å². The maximum atomic E-state index is 13.6. The molecular weight excluding hydrogens is 1050 g/mol. The number of nitrogens with zero attached hydrogens (tertiary/aromatic N) is 1. The summed E-state index contributed by atoms with van der Waals surface area (Å²) in [6, 6.07) is -0.862. The highest BCUT2D eigenvalue weighted by molar-refractivity contribution is 7.47. The summed E-state index contributed by atoms with van der Waals surface area (Å²) >= 11 is 0. The Bertz CT molecular complexity index is 1700. The molecule has 0 aliphatic heterocycles. The van der Waals surface area contributed by atoms with Crippen molar-refractivity contribution in [2.45, 2.75) is 328 Å². The number of carbonyl (C=O) groups is 2. The Balaban J connectivity index is 5.10. The largest absolute Gasteiger partial charge is 0.472 e. The lowest BCUT2D eigenvalue weighted by Crippen LogP contribution is -2.47. The summed E-state index contributed by atoms with van der Waals surface area (Å²) in [7, 11) is 1.48. The van der Waals surface area contributed by atoms with Crippen molar-refractivity contribution in [3.8, 4) is 0 Å². The number of allylic oxidation sites excluding steroid dienone is 13. The minimum atomic E-state index is -4.46. The summed E-state index contributed by atoms with van der Waals surface area (Å²) in [5, 5.41) is 3.06. The summed E-state index contributed by atoms with van der Waals surface area (Å²) < 4.78 is 30.8. The van der Waals surface area contributed by atoms with Gasteiger partial charge in [0, 0.05) is 12.8 Å². The van der Waals surface area contributed by atoms with Gasteiger partial charge in [0.2, 0.25) is 5.91 Å². The second-order valence-corrected chi connectivity index (χ2v) is 26.1. The topological polar surface area (TPSA) is 111 Å². The van der Waals surface area contributed by atoms with Crippen LogP contribution in [-0.2, 0) is 27.9 Å². The van der Waals surface area contributed by atoms with Crippen LogP contribution in [0.2, 0.25) is 0 Å². The van der Waals surface area contributed by atoms with Crippen LogP contribution in [0.1, 0.15) is 316 Å². The van der Waals surface area contributed by atoms with E-state index in [1.54, 1.807) is 0 Å². The molecule has 0 aliphatic carbocycles. The van der Waals surface area contributed by atoms with Gasteiger partial charge < -0.3 is 19.4 Å². The van der Waals surface area contributed by atoms with Crippen LogP contribution in [0.3, 0.4) is 0 Å². The average Bonchev–Trinajstić information content (AvgIpc) is 3.51. The minimum Gasteiger partial charge on any atom is -0.456 e. The van der Waals surface area contributed by atoms with Gasteiger partial charge in [0.1, 0.15) is 19.3 Å². The molecule has 3 unspecified atom stereocenters. The first kappa shape index (κ1) is 80.2. The van der Waals surface area contributed by atoms with Crippen molar-refractivity contribution in [2.75, 3.05) is 40.9 Å². The molecule has 10 heteroatoms. The van der Waals surface area contributed by atoms with Crippen molar-refractivity contribution >= 4 is 19.7 Å². The highest BCUT2D eigenvalue weighted by Gasteiger charge is 2.30. The number of carbonyl (C=O) groups excluding carboxylic acids is 2. The highest BCUT2D eigenvalue weighted by Crippen LogP contribution is 2.43. The lowest BCUT2D eigenvalue weighted by molar-refractivity contribution is -0.870. The first-order valence-electron chi connectivity index (χ1n) is 34.9. The fraction of sp³-hybridized carbons (Fsp3) is 0.781. The second-order valence-electron chi connectivity index (χ2n) is 24.7. The van der Waals surface area contributed by atoms with Gasteiger partial charge in [0.15, 0.2) is 0 Å². The summed E-state index contributed by atoms with van der Waals surface area (Å²) in [5.41, 5.74) is 0. The maximum Gasteiger partial charge on any atom is 0.472 e. The number of ether oxygens (including phenoxy) is 1.